The highest BCUT2D eigenvalue weighted by Crippen LogP contribution is 2.30. The van der Waals surface area contributed by atoms with Gasteiger partial charge in [0.25, 0.3) is 0 Å². The zero-order valence-electron chi connectivity index (χ0n) is 9.90. The molecule has 2 atom stereocenters. The van der Waals surface area contributed by atoms with E-state index in [1.807, 2.05) is 72.8 Å². The van der Waals surface area contributed by atoms with Gasteiger partial charge in [-0.3, -0.25) is 0 Å². The lowest BCUT2D eigenvalue weighted by Crippen LogP contribution is -2.12. The van der Waals surface area contributed by atoms with Crippen molar-refractivity contribution in [3.8, 4) is 0 Å². The highest BCUT2D eigenvalue weighted by atomic mass is 17.2. The predicted octanol–water partition coefficient (Wildman–Crippen LogP) is 3.99. The summed E-state index contributed by atoms with van der Waals surface area (Å²) in [6.45, 7) is 0. The van der Waals surface area contributed by atoms with Gasteiger partial charge >= 0.3 is 0 Å². The standard InChI is InChI=1S/C16H14O2/c1-3-7-13(8-4-1)15-11-12-16(18-17-15)14-9-5-2-6-10-14/h1-12,15-16H/t15-,16+. The number of hydrogen-bond donors (Lipinski definition) is 0. The Morgan fingerprint density at radius 1 is 0.556 bits per heavy atom. The van der Waals surface area contributed by atoms with E-state index >= 15 is 0 Å². The maximum absolute atomic E-state index is 5.44. The van der Waals surface area contributed by atoms with E-state index in [0.717, 1.165) is 11.1 Å². The highest BCUT2D eigenvalue weighted by Gasteiger charge is 2.19. The third-order valence-electron chi connectivity index (χ3n) is 2.98. The van der Waals surface area contributed by atoms with Crippen LogP contribution in [0.3, 0.4) is 0 Å². The molecule has 0 aliphatic carbocycles. The van der Waals surface area contributed by atoms with Crippen molar-refractivity contribution >= 4 is 0 Å². The Hall–Kier alpha value is -1.90. The van der Waals surface area contributed by atoms with Gasteiger partial charge in [-0.1, -0.05) is 60.7 Å². The molecule has 1 heterocycles. The molecule has 2 nitrogen and oxygen atoms in total. The molecule has 2 aromatic carbocycles. The van der Waals surface area contributed by atoms with Crippen molar-refractivity contribution in [2.75, 3.05) is 0 Å². The largest absolute Gasteiger partial charge is 0.223 e. The van der Waals surface area contributed by atoms with E-state index in [2.05, 4.69) is 0 Å². The quantitative estimate of drug-likeness (QED) is 0.582. The Balaban J connectivity index is 1.76. The average molecular weight is 238 g/mol. The molecule has 0 spiro atoms. The van der Waals surface area contributed by atoms with Crippen LogP contribution in [0.25, 0.3) is 0 Å². The summed E-state index contributed by atoms with van der Waals surface area (Å²) < 4.78 is 0. The lowest BCUT2D eigenvalue weighted by molar-refractivity contribution is -0.345. The van der Waals surface area contributed by atoms with Gasteiger partial charge in [-0.05, 0) is 23.3 Å². The smallest absolute Gasteiger partial charge is 0.136 e. The van der Waals surface area contributed by atoms with Crippen molar-refractivity contribution < 1.29 is 9.78 Å². The third-order valence-corrected chi connectivity index (χ3v) is 2.98. The van der Waals surface area contributed by atoms with Crippen LogP contribution in [0.15, 0.2) is 72.8 Å². The molecular weight excluding hydrogens is 224 g/mol. The Bertz CT molecular complexity index is 470. The Morgan fingerprint density at radius 2 is 0.944 bits per heavy atom. The molecule has 0 saturated heterocycles. The van der Waals surface area contributed by atoms with Crippen LogP contribution in [-0.4, -0.2) is 0 Å². The fraction of sp³-hybridized carbons (Fsp3) is 0.125. The summed E-state index contributed by atoms with van der Waals surface area (Å²) in [6, 6.07) is 20.1. The second kappa shape index (κ2) is 5.17. The van der Waals surface area contributed by atoms with Gasteiger partial charge in [0.2, 0.25) is 0 Å². The first kappa shape index (κ1) is 11.2. The summed E-state index contributed by atoms with van der Waals surface area (Å²) >= 11 is 0. The molecule has 18 heavy (non-hydrogen) atoms. The van der Waals surface area contributed by atoms with E-state index in [4.69, 9.17) is 9.78 Å². The minimum absolute atomic E-state index is 0.119. The molecule has 0 N–H and O–H groups in total. The molecule has 0 bridgehead atoms. The molecule has 0 unspecified atom stereocenters. The molecule has 2 aromatic rings. The first-order valence-corrected chi connectivity index (χ1v) is 6.04. The van der Waals surface area contributed by atoms with E-state index < -0.39 is 0 Å². The molecule has 0 radical (unpaired) electrons. The minimum Gasteiger partial charge on any atom is -0.223 e. The molecular formula is C16H14O2. The number of hydrogen-bond acceptors (Lipinski definition) is 2. The van der Waals surface area contributed by atoms with Crippen molar-refractivity contribution in [1.82, 2.24) is 0 Å². The summed E-state index contributed by atoms with van der Waals surface area (Å²) in [5.41, 5.74) is 2.19. The van der Waals surface area contributed by atoms with E-state index in [1.165, 1.54) is 0 Å². The van der Waals surface area contributed by atoms with Gasteiger partial charge in [0.1, 0.15) is 12.2 Å². The Labute approximate surface area is 106 Å². The Morgan fingerprint density at radius 3 is 1.28 bits per heavy atom. The van der Waals surface area contributed by atoms with Crippen LogP contribution in [-0.2, 0) is 9.78 Å². The van der Waals surface area contributed by atoms with Crippen LogP contribution >= 0.6 is 0 Å². The van der Waals surface area contributed by atoms with Gasteiger partial charge in [-0.15, -0.1) is 0 Å². The topological polar surface area (TPSA) is 18.5 Å². The monoisotopic (exact) mass is 238 g/mol. The molecule has 0 saturated carbocycles. The van der Waals surface area contributed by atoms with Crippen molar-refractivity contribution in [1.29, 1.82) is 0 Å². The van der Waals surface area contributed by atoms with E-state index in [1.54, 1.807) is 0 Å². The Kier molecular flexibility index (Phi) is 3.22. The van der Waals surface area contributed by atoms with Gasteiger partial charge in [0, 0.05) is 0 Å². The SMILES string of the molecule is C1=C[C@H](c2ccccc2)OO[C@@H]1c1ccccc1. The van der Waals surface area contributed by atoms with Gasteiger partial charge in [-0.2, -0.15) is 0 Å². The van der Waals surface area contributed by atoms with Gasteiger partial charge in [0.05, 0.1) is 0 Å². The van der Waals surface area contributed by atoms with Crippen LogP contribution in [0.2, 0.25) is 0 Å². The van der Waals surface area contributed by atoms with Crippen molar-refractivity contribution in [3.05, 3.63) is 83.9 Å². The number of benzene rings is 2. The predicted molar refractivity (Wildman–Crippen MR) is 69.7 cm³/mol. The highest BCUT2D eigenvalue weighted by molar-refractivity contribution is 5.25. The van der Waals surface area contributed by atoms with Crippen LogP contribution in [0, 0.1) is 0 Å². The van der Waals surface area contributed by atoms with Crippen molar-refractivity contribution in [2.45, 2.75) is 12.2 Å². The zero-order chi connectivity index (χ0) is 12.2. The maximum Gasteiger partial charge on any atom is 0.136 e. The van der Waals surface area contributed by atoms with Crippen LogP contribution in [0.1, 0.15) is 23.3 Å². The zero-order valence-corrected chi connectivity index (χ0v) is 9.90. The molecule has 2 heteroatoms. The fourth-order valence-electron chi connectivity index (χ4n) is 2.00. The van der Waals surface area contributed by atoms with Crippen molar-refractivity contribution in [2.24, 2.45) is 0 Å². The molecule has 0 aromatic heterocycles. The van der Waals surface area contributed by atoms with Crippen molar-refractivity contribution in [3.63, 3.8) is 0 Å². The second-order valence-electron chi connectivity index (χ2n) is 4.24. The van der Waals surface area contributed by atoms with Crippen LogP contribution in [0.4, 0.5) is 0 Å². The average Bonchev–Trinajstić information content (AvgIpc) is 2.49. The fourth-order valence-corrected chi connectivity index (χ4v) is 2.00. The van der Waals surface area contributed by atoms with E-state index in [9.17, 15) is 0 Å². The summed E-state index contributed by atoms with van der Waals surface area (Å²) in [7, 11) is 0. The lowest BCUT2D eigenvalue weighted by Gasteiger charge is -2.23. The minimum atomic E-state index is -0.119. The molecule has 3 rings (SSSR count). The lowest BCUT2D eigenvalue weighted by atomic mass is 10.1. The van der Waals surface area contributed by atoms with Crippen LogP contribution in [0.5, 0.6) is 0 Å². The molecule has 0 fully saturated rings. The summed E-state index contributed by atoms with van der Waals surface area (Å²) in [5, 5.41) is 0. The van der Waals surface area contributed by atoms with E-state index in [0.29, 0.717) is 0 Å². The van der Waals surface area contributed by atoms with Gasteiger partial charge in [0.15, 0.2) is 0 Å². The second-order valence-corrected chi connectivity index (χ2v) is 4.24. The summed E-state index contributed by atoms with van der Waals surface area (Å²) in [6.07, 6.45) is 3.84. The summed E-state index contributed by atoms with van der Waals surface area (Å²) in [5.74, 6) is 0. The number of rotatable bonds is 2. The van der Waals surface area contributed by atoms with Crippen LogP contribution < -0.4 is 0 Å². The van der Waals surface area contributed by atoms with Gasteiger partial charge < -0.3 is 0 Å². The summed E-state index contributed by atoms with van der Waals surface area (Å²) in [4.78, 5) is 10.9. The normalized spacial score (nSPS) is 22.9. The first-order valence-electron chi connectivity index (χ1n) is 6.04. The maximum atomic E-state index is 5.44. The third kappa shape index (κ3) is 2.35. The molecule has 1 aliphatic heterocycles. The van der Waals surface area contributed by atoms with E-state index in [-0.39, 0.29) is 12.2 Å². The van der Waals surface area contributed by atoms with Gasteiger partial charge in [-0.25, -0.2) is 9.78 Å². The first-order chi connectivity index (χ1) is 8.93. The molecule has 90 valence electrons. The molecule has 0 amide bonds. The molecule has 1 aliphatic rings.